The van der Waals surface area contributed by atoms with Gasteiger partial charge in [0, 0.05) is 20.2 Å². The summed E-state index contributed by atoms with van der Waals surface area (Å²) in [6.07, 6.45) is 2.82. The molecule has 0 rings (SSSR count). The maximum absolute atomic E-state index is 10.3. The largest absolute Gasteiger partial charge is 0.273 e. The third-order valence-corrected chi connectivity index (χ3v) is 0.744. The van der Waals surface area contributed by atoms with E-state index < -0.39 is 0 Å². The first-order chi connectivity index (χ1) is 7.09. The van der Waals surface area contributed by atoms with Gasteiger partial charge in [0.15, 0.2) is 0 Å². The van der Waals surface area contributed by atoms with Crippen molar-refractivity contribution in [1.29, 1.82) is 0 Å². The molecule has 0 aromatic carbocycles. The first-order valence-electron chi connectivity index (χ1n) is 5.82. The molecule has 0 atom stereocenters. The van der Waals surface area contributed by atoms with E-state index in [0.717, 1.165) is 0 Å². The molecular formula is C12H30N2O. The van der Waals surface area contributed by atoms with Gasteiger partial charge in [-0.05, 0) is 6.92 Å². The zero-order valence-corrected chi connectivity index (χ0v) is 12.1. The molecule has 3 nitrogen and oxygen atoms in total. The van der Waals surface area contributed by atoms with Crippen LogP contribution in [0.15, 0.2) is 5.10 Å². The zero-order valence-electron chi connectivity index (χ0n) is 12.1. The van der Waals surface area contributed by atoms with Crippen LogP contribution in [0.3, 0.4) is 0 Å². The summed E-state index contributed by atoms with van der Waals surface area (Å²) < 4.78 is 0. The highest BCUT2D eigenvalue weighted by Gasteiger charge is 1.93. The molecule has 0 saturated carbocycles. The van der Waals surface area contributed by atoms with Gasteiger partial charge in [0.1, 0.15) is 0 Å². The lowest BCUT2D eigenvalue weighted by molar-refractivity contribution is -0.127. The average Bonchev–Trinajstić information content (AvgIpc) is 2.25. The van der Waals surface area contributed by atoms with E-state index in [1.54, 1.807) is 20.2 Å². The molecule has 0 radical (unpaired) electrons. The topological polar surface area (TPSA) is 32.7 Å². The van der Waals surface area contributed by atoms with Crippen LogP contribution in [0.4, 0.5) is 0 Å². The normalized spacial score (nSPS) is 7.27. The van der Waals surface area contributed by atoms with E-state index in [2.05, 4.69) is 18.9 Å². The summed E-state index contributed by atoms with van der Waals surface area (Å²) in [5, 5.41) is 4.96. The van der Waals surface area contributed by atoms with Crippen LogP contribution >= 0.6 is 0 Å². The fourth-order valence-electron chi connectivity index (χ4n) is 0.255. The second kappa shape index (κ2) is 29.2. The van der Waals surface area contributed by atoms with E-state index in [0.29, 0.717) is 0 Å². The van der Waals surface area contributed by atoms with Crippen LogP contribution in [-0.2, 0) is 4.79 Å². The van der Waals surface area contributed by atoms with Crippen LogP contribution in [0.5, 0.6) is 0 Å². The van der Waals surface area contributed by atoms with Crippen molar-refractivity contribution in [2.75, 3.05) is 7.05 Å². The zero-order chi connectivity index (χ0) is 13.3. The molecule has 15 heavy (non-hydrogen) atoms. The summed E-state index contributed by atoms with van der Waals surface area (Å²) in [4.78, 5) is 10.3. The Morgan fingerprint density at radius 1 is 1.20 bits per heavy atom. The Balaban J connectivity index is -0.0000000726. The lowest BCUT2D eigenvalue weighted by Crippen LogP contribution is -2.16. The smallest absolute Gasteiger partial charge is 0.239 e. The molecule has 0 aliphatic rings. The van der Waals surface area contributed by atoms with Gasteiger partial charge in [0.2, 0.25) is 5.91 Å². The summed E-state index contributed by atoms with van der Waals surface area (Å²) >= 11 is 0. The minimum absolute atomic E-state index is 0.0527. The van der Waals surface area contributed by atoms with Crippen LogP contribution in [0, 0.1) is 0 Å². The van der Waals surface area contributed by atoms with Crippen molar-refractivity contribution < 1.29 is 4.79 Å². The fraction of sp³-hybridized carbons (Fsp3) is 0.833. The van der Waals surface area contributed by atoms with Gasteiger partial charge < -0.3 is 0 Å². The molecule has 0 aliphatic carbocycles. The number of carbonyl (C=O) groups excluding carboxylic acids is 1. The molecule has 0 heterocycles. The minimum atomic E-state index is -0.0527. The number of rotatable bonds is 1. The molecule has 3 heteroatoms. The Morgan fingerprint density at radius 3 is 1.53 bits per heavy atom. The van der Waals surface area contributed by atoms with Crippen molar-refractivity contribution in [3.05, 3.63) is 0 Å². The molecule has 0 spiro atoms. The van der Waals surface area contributed by atoms with E-state index in [4.69, 9.17) is 0 Å². The number of hydrogen-bond donors (Lipinski definition) is 0. The molecule has 0 bridgehead atoms. The summed E-state index contributed by atoms with van der Waals surface area (Å²) in [5.74, 6) is -0.0527. The highest BCUT2D eigenvalue weighted by Crippen LogP contribution is 1.80. The molecule has 0 aromatic heterocycles. The fourth-order valence-corrected chi connectivity index (χ4v) is 0.255. The number of carbonyl (C=O) groups is 1. The number of nitrogens with zero attached hydrogens (tertiary/aromatic N) is 2. The third kappa shape index (κ3) is 43.3. The van der Waals surface area contributed by atoms with E-state index in [9.17, 15) is 4.79 Å². The second-order valence-electron chi connectivity index (χ2n) is 2.12. The van der Waals surface area contributed by atoms with Gasteiger partial charge in [-0.1, -0.05) is 48.0 Å². The monoisotopic (exact) mass is 218 g/mol. The van der Waals surface area contributed by atoms with E-state index in [-0.39, 0.29) is 5.91 Å². The highest BCUT2D eigenvalue weighted by atomic mass is 16.2. The van der Waals surface area contributed by atoms with Gasteiger partial charge in [0.25, 0.3) is 0 Å². The van der Waals surface area contributed by atoms with E-state index in [1.807, 2.05) is 27.7 Å². The van der Waals surface area contributed by atoms with Crippen molar-refractivity contribution in [2.45, 2.75) is 61.8 Å². The lowest BCUT2D eigenvalue weighted by atomic mass is 10.6. The second-order valence-corrected chi connectivity index (χ2v) is 2.12. The van der Waals surface area contributed by atoms with E-state index >= 15 is 0 Å². The van der Waals surface area contributed by atoms with Gasteiger partial charge in [-0.3, -0.25) is 4.79 Å². The molecule has 94 valence electrons. The molecule has 0 aromatic rings. The minimum Gasteiger partial charge on any atom is -0.273 e. The van der Waals surface area contributed by atoms with Gasteiger partial charge in [-0.15, -0.1) is 0 Å². The SMILES string of the molecule is C/C=N\N(C)C(C)=O.CC.CC.CCC. The molecule has 0 saturated heterocycles. The lowest BCUT2D eigenvalue weighted by Gasteiger charge is -2.04. The van der Waals surface area contributed by atoms with Gasteiger partial charge in [-0.2, -0.15) is 5.10 Å². The van der Waals surface area contributed by atoms with Crippen molar-refractivity contribution in [3.8, 4) is 0 Å². The van der Waals surface area contributed by atoms with Crippen LogP contribution < -0.4 is 0 Å². The summed E-state index contributed by atoms with van der Waals surface area (Å²) in [6, 6.07) is 0. The van der Waals surface area contributed by atoms with Crippen LogP contribution in [0.2, 0.25) is 0 Å². The summed E-state index contributed by atoms with van der Waals surface area (Å²) in [5.41, 5.74) is 0. The van der Waals surface area contributed by atoms with Crippen LogP contribution in [0.1, 0.15) is 61.8 Å². The third-order valence-electron chi connectivity index (χ3n) is 0.744. The van der Waals surface area contributed by atoms with E-state index in [1.165, 1.54) is 18.4 Å². The maximum atomic E-state index is 10.3. The van der Waals surface area contributed by atoms with Crippen molar-refractivity contribution in [2.24, 2.45) is 5.10 Å². The summed E-state index contributed by atoms with van der Waals surface area (Å²) in [6.45, 7) is 15.5. The molecule has 0 N–H and O–H groups in total. The predicted octanol–water partition coefficient (Wildman–Crippen LogP) is 3.94. The van der Waals surface area contributed by atoms with Crippen molar-refractivity contribution in [1.82, 2.24) is 5.01 Å². The molecular weight excluding hydrogens is 188 g/mol. The first-order valence-corrected chi connectivity index (χ1v) is 5.82. The van der Waals surface area contributed by atoms with Gasteiger partial charge in [0.05, 0.1) is 0 Å². The Labute approximate surface area is 96.6 Å². The number of hydrazone groups is 1. The standard InChI is InChI=1S/C5H10N2O.C3H8.2C2H6/c1-4-6-7(3)5(2)8;1-3-2;2*1-2/h4H,1-3H3;3H2,1-2H3;2*1-2H3/b6-4-;;;. The van der Waals surface area contributed by atoms with Crippen LogP contribution in [-0.4, -0.2) is 24.2 Å². The molecule has 0 aliphatic heterocycles. The average molecular weight is 218 g/mol. The maximum Gasteiger partial charge on any atom is 0.239 e. The molecule has 0 unspecified atom stereocenters. The molecule has 1 amide bonds. The highest BCUT2D eigenvalue weighted by molar-refractivity contribution is 5.73. The Hall–Kier alpha value is -0.860. The predicted molar refractivity (Wildman–Crippen MR) is 71.3 cm³/mol. The van der Waals surface area contributed by atoms with Crippen molar-refractivity contribution >= 4 is 12.1 Å². The van der Waals surface area contributed by atoms with Gasteiger partial charge >= 0.3 is 0 Å². The van der Waals surface area contributed by atoms with Gasteiger partial charge in [-0.25, -0.2) is 5.01 Å². The first kappa shape index (κ1) is 23.7. The Bertz CT molecular complexity index is 123. The molecule has 0 fully saturated rings. The number of amides is 1. The Morgan fingerprint density at radius 2 is 1.47 bits per heavy atom. The van der Waals surface area contributed by atoms with Crippen molar-refractivity contribution in [3.63, 3.8) is 0 Å². The van der Waals surface area contributed by atoms with Crippen LogP contribution in [0.25, 0.3) is 0 Å². The Kier molecular flexibility index (Phi) is 46.3. The number of hydrogen-bond acceptors (Lipinski definition) is 2. The summed E-state index contributed by atoms with van der Waals surface area (Å²) in [7, 11) is 1.61. The quantitative estimate of drug-likeness (QED) is 0.484.